The lowest BCUT2D eigenvalue weighted by atomic mass is 9.77. The number of hydrogen-bond acceptors (Lipinski definition) is 1. The Hall–Kier alpha value is -0.590. The molecule has 2 aliphatic rings. The minimum Gasteiger partial charge on any atom is -0.295 e. The lowest BCUT2D eigenvalue weighted by Crippen LogP contribution is -2.22. The number of hydrogen-bond donors (Lipinski definition) is 0. The molecule has 2 unspecified atom stereocenters. The molecular weight excluding hydrogens is 184 g/mol. The van der Waals surface area contributed by atoms with Crippen LogP contribution in [0.25, 0.3) is 0 Å². The van der Waals surface area contributed by atoms with Gasteiger partial charge in [-0.2, -0.15) is 0 Å². The van der Waals surface area contributed by atoms with Gasteiger partial charge in [0, 0.05) is 6.42 Å². The molecule has 1 fully saturated rings. The second kappa shape index (κ2) is 4.96. The number of ketones is 1. The van der Waals surface area contributed by atoms with Crippen molar-refractivity contribution in [3.8, 4) is 0 Å². The standard InChI is InChI=1S/C14H22O/c1-2-3-4-6-11-9-13(15)10-12-7-5-8-14(11)12/h10-11,14H,2-9H2,1H3. The molecule has 0 amide bonds. The van der Waals surface area contributed by atoms with Crippen molar-refractivity contribution in [3.05, 3.63) is 11.6 Å². The fourth-order valence-corrected chi connectivity index (χ4v) is 3.24. The summed E-state index contributed by atoms with van der Waals surface area (Å²) in [5.74, 6) is 1.86. The second-order valence-corrected chi connectivity index (χ2v) is 5.14. The van der Waals surface area contributed by atoms with Crippen molar-refractivity contribution in [1.29, 1.82) is 0 Å². The molecule has 2 aliphatic carbocycles. The molecular formula is C14H22O. The van der Waals surface area contributed by atoms with Gasteiger partial charge >= 0.3 is 0 Å². The van der Waals surface area contributed by atoms with Crippen molar-refractivity contribution in [2.45, 2.75) is 58.3 Å². The normalized spacial score (nSPS) is 30.2. The van der Waals surface area contributed by atoms with Crippen molar-refractivity contribution < 1.29 is 4.79 Å². The average molecular weight is 206 g/mol. The molecule has 1 saturated carbocycles. The molecule has 0 heterocycles. The highest BCUT2D eigenvalue weighted by Gasteiger charge is 2.33. The zero-order chi connectivity index (χ0) is 10.7. The molecule has 0 spiro atoms. The molecule has 15 heavy (non-hydrogen) atoms. The van der Waals surface area contributed by atoms with Gasteiger partial charge in [-0.05, 0) is 43.6 Å². The average Bonchev–Trinajstić information content (AvgIpc) is 2.65. The van der Waals surface area contributed by atoms with E-state index in [-0.39, 0.29) is 0 Å². The van der Waals surface area contributed by atoms with Crippen LogP contribution < -0.4 is 0 Å². The smallest absolute Gasteiger partial charge is 0.155 e. The van der Waals surface area contributed by atoms with Crippen LogP contribution in [0, 0.1) is 11.8 Å². The number of rotatable bonds is 4. The molecule has 0 aromatic carbocycles. The second-order valence-electron chi connectivity index (χ2n) is 5.14. The number of unbranched alkanes of at least 4 members (excludes halogenated alkanes) is 2. The third-order valence-electron chi connectivity index (χ3n) is 4.01. The predicted octanol–water partition coefficient (Wildman–Crippen LogP) is 3.88. The summed E-state index contributed by atoms with van der Waals surface area (Å²) in [6, 6.07) is 0. The van der Waals surface area contributed by atoms with Crippen LogP contribution in [0.2, 0.25) is 0 Å². The number of allylic oxidation sites excluding steroid dienone is 2. The van der Waals surface area contributed by atoms with Gasteiger partial charge < -0.3 is 0 Å². The Morgan fingerprint density at radius 3 is 3.07 bits per heavy atom. The van der Waals surface area contributed by atoms with Gasteiger partial charge in [0.1, 0.15) is 0 Å². The molecule has 1 heteroatoms. The lowest BCUT2D eigenvalue weighted by Gasteiger charge is -2.27. The first kappa shape index (κ1) is 10.9. The Bertz CT molecular complexity index is 265. The van der Waals surface area contributed by atoms with Crippen LogP contribution in [0.4, 0.5) is 0 Å². The van der Waals surface area contributed by atoms with E-state index in [1.807, 2.05) is 6.08 Å². The molecule has 0 N–H and O–H groups in total. The quantitative estimate of drug-likeness (QED) is 0.638. The van der Waals surface area contributed by atoms with Gasteiger partial charge in [-0.25, -0.2) is 0 Å². The third kappa shape index (κ3) is 2.50. The monoisotopic (exact) mass is 206 g/mol. The molecule has 0 aliphatic heterocycles. The zero-order valence-corrected chi connectivity index (χ0v) is 9.80. The van der Waals surface area contributed by atoms with E-state index in [9.17, 15) is 4.79 Å². The van der Waals surface area contributed by atoms with Gasteiger partial charge in [-0.3, -0.25) is 4.79 Å². The topological polar surface area (TPSA) is 17.1 Å². The summed E-state index contributed by atoms with van der Waals surface area (Å²) < 4.78 is 0. The van der Waals surface area contributed by atoms with Crippen LogP contribution in [-0.2, 0) is 4.79 Å². The Labute approximate surface area is 92.9 Å². The minimum absolute atomic E-state index is 0.393. The summed E-state index contributed by atoms with van der Waals surface area (Å²) in [4.78, 5) is 11.6. The largest absolute Gasteiger partial charge is 0.295 e. The third-order valence-corrected chi connectivity index (χ3v) is 4.01. The summed E-state index contributed by atoms with van der Waals surface area (Å²) in [6.45, 7) is 2.24. The SMILES string of the molecule is CCCCCC1CC(=O)C=C2CCCC21. The molecule has 0 aromatic rings. The van der Waals surface area contributed by atoms with Crippen LogP contribution >= 0.6 is 0 Å². The lowest BCUT2D eigenvalue weighted by molar-refractivity contribution is -0.116. The van der Waals surface area contributed by atoms with Crippen LogP contribution in [-0.4, -0.2) is 5.78 Å². The van der Waals surface area contributed by atoms with Gasteiger partial charge in [-0.1, -0.05) is 31.8 Å². The molecule has 2 atom stereocenters. The molecule has 84 valence electrons. The molecule has 2 rings (SSSR count). The van der Waals surface area contributed by atoms with Gasteiger partial charge in [0.05, 0.1) is 0 Å². The van der Waals surface area contributed by atoms with E-state index < -0.39 is 0 Å². The fourth-order valence-electron chi connectivity index (χ4n) is 3.24. The maximum Gasteiger partial charge on any atom is 0.155 e. The number of carbonyl (C=O) groups excluding carboxylic acids is 1. The molecule has 1 nitrogen and oxygen atoms in total. The van der Waals surface area contributed by atoms with Gasteiger partial charge in [0.2, 0.25) is 0 Å². The number of carbonyl (C=O) groups is 1. The maximum absolute atomic E-state index is 11.6. The van der Waals surface area contributed by atoms with E-state index in [1.54, 1.807) is 0 Å². The van der Waals surface area contributed by atoms with E-state index in [0.717, 1.165) is 12.3 Å². The van der Waals surface area contributed by atoms with E-state index in [2.05, 4.69) is 6.92 Å². The first-order chi connectivity index (χ1) is 7.31. The van der Waals surface area contributed by atoms with Crippen LogP contribution in [0.15, 0.2) is 11.6 Å². The van der Waals surface area contributed by atoms with E-state index >= 15 is 0 Å². The molecule has 0 saturated heterocycles. The highest BCUT2D eigenvalue weighted by molar-refractivity contribution is 5.91. The van der Waals surface area contributed by atoms with Gasteiger partial charge in [0.25, 0.3) is 0 Å². The zero-order valence-electron chi connectivity index (χ0n) is 9.80. The van der Waals surface area contributed by atoms with Crippen LogP contribution in [0.5, 0.6) is 0 Å². The van der Waals surface area contributed by atoms with Crippen LogP contribution in [0.1, 0.15) is 58.3 Å². The van der Waals surface area contributed by atoms with Crippen molar-refractivity contribution in [3.63, 3.8) is 0 Å². The minimum atomic E-state index is 0.393. The summed E-state index contributed by atoms with van der Waals surface area (Å²) in [5.41, 5.74) is 1.48. The Balaban J connectivity index is 1.94. The first-order valence-electron chi connectivity index (χ1n) is 6.54. The van der Waals surface area contributed by atoms with Crippen molar-refractivity contribution in [1.82, 2.24) is 0 Å². The summed E-state index contributed by atoms with van der Waals surface area (Å²) in [5, 5.41) is 0. The van der Waals surface area contributed by atoms with Gasteiger partial charge in [0.15, 0.2) is 5.78 Å². The Morgan fingerprint density at radius 1 is 1.40 bits per heavy atom. The maximum atomic E-state index is 11.6. The summed E-state index contributed by atoms with van der Waals surface area (Å²) in [7, 11) is 0. The van der Waals surface area contributed by atoms with Gasteiger partial charge in [-0.15, -0.1) is 0 Å². The molecule has 0 bridgehead atoms. The number of fused-ring (bicyclic) bond motifs is 1. The fraction of sp³-hybridized carbons (Fsp3) is 0.786. The van der Waals surface area contributed by atoms with Crippen LogP contribution in [0.3, 0.4) is 0 Å². The van der Waals surface area contributed by atoms with Crippen molar-refractivity contribution in [2.24, 2.45) is 11.8 Å². The van der Waals surface area contributed by atoms with Crippen molar-refractivity contribution >= 4 is 5.78 Å². The Morgan fingerprint density at radius 2 is 2.27 bits per heavy atom. The Kier molecular flexibility index (Phi) is 3.61. The molecule has 0 radical (unpaired) electrons. The van der Waals surface area contributed by atoms with E-state index in [4.69, 9.17) is 0 Å². The summed E-state index contributed by atoms with van der Waals surface area (Å²) in [6.07, 6.45) is 11.8. The van der Waals surface area contributed by atoms with E-state index in [1.165, 1.54) is 50.5 Å². The predicted molar refractivity (Wildman–Crippen MR) is 62.7 cm³/mol. The summed E-state index contributed by atoms with van der Waals surface area (Å²) >= 11 is 0. The van der Waals surface area contributed by atoms with E-state index in [0.29, 0.717) is 11.7 Å². The highest BCUT2D eigenvalue weighted by Crippen LogP contribution is 2.42. The highest BCUT2D eigenvalue weighted by atomic mass is 16.1. The molecule has 0 aromatic heterocycles. The van der Waals surface area contributed by atoms with Crippen molar-refractivity contribution in [2.75, 3.05) is 0 Å². The first-order valence-corrected chi connectivity index (χ1v) is 6.54.